The maximum atomic E-state index is 12.8. The van der Waals surface area contributed by atoms with Crippen molar-refractivity contribution in [2.75, 3.05) is 5.75 Å². The summed E-state index contributed by atoms with van der Waals surface area (Å²) in [4.78, 5) is 0. The fourth-order valence-electron chi connectivity index (χ4n) is 2.40. The normalized spacial score (nSPS) is 20.5. The van der Waals surface area contributed by atoms with Crippen LogP contribution in [0.3, 0.4) is 0 Å². The zero-order valence-electron chi connectivity index (χ0n) is 14.5. The standard InChI is InChI=1S/C17H22BF3O2S/c1-11-8-13(17(19,20)21)7-6-12(11)9-14(10-24)18-22-15(2,3)16(4,5)23-18/h6-9,24H,10H2,1-5H3. The fourth-order valence-corrected chi connectivity index (χ4v) is 2.64. The molecule has 0 saturated carbocycles. The minimum atomic E-state index is -4.34. The van der Waals surface area contributed by atoms with Crippen LogP contribution in [0, 0.1) is 6.92 Å². The molecule has 0 atom stereocenters. The molecule has 1 aliphatic rings. The van der Waals surface area contributed by atoms with E-state index < -0.39 is 30.1 Å². The zero-order chi connectivity index (χ0) is 18.3. The van der Waals surface area contributed by atoms with E-state index in [1.54, 1.807) is 13.0 Å². The second-order valence-corrected chi connectivity index (χ2v) is 7.35. The van der Waals surface area contributed by atoms with Gasteiger partial charge in [-0.25, -0.2) is 0 Å². The lowest BCUT2D eigenvalue weighted by molar-refractivity contribution is -0.137. The van der Waals surface area contributed by atoms with E-state index >= 15 is 0 Å². The van der Waals surface area contributed by atoms with Crippen LogP contribution in [0.15, 0.2) is 23.7 Å². The highest BCUT2D eigenvalue weighted by Crippen LogP contribution is 2.39. The lowest BCUT2D eigenvalue weighted by Crippen LogP contribution is -2.41. The van der Waals surface area contributed by atoms with Gasteiger partial charge in [0, 0.05) is 5.75 Å². The lowest BCUT2D eigenvalue weighted by Gasteiger charge is -2.32. The average Bonchev–Trinajstić information content (AvgIpc) is 2.64. The molecule has 0 aliphatic carbocycles. The van der Waals surface area contributed by atoms with Gasteiger partial charge in [-0.2, -0.15) is 25.8 Å². The van der Waals surface area contributed by atoms with Crippen LogP contribution in [-0.2, 0) is 15.5 Å². The molecular formula is C17H22BF3O2S. The lowest BCUT2D eigenvalue weighted by atomic mass is 9.78. The van der Waals surface area contributed by atoms with Crippen molar-refractivity contribution < 1.29 is 22.5 Å². The number of halogens is 3. The highest BCUT2D eigenvalue weighted by molar-refractivity contribution is 7.80. The van der Waals surface area contributed by atoms with Gasteiger partial charge in [0.15, 0.2) is 0 Å². The molecular weight excluding hydrogens is 336 g/mol. The van der Waals surface area contributed by atoms with E-state index in [1.807, 2.05) is 27.7 Å². The molecule has 0 unspecified atom stereocenters. The summed E-state index contributed by atoms with van der Waals surface area (Å²) in [5, 5.41) is 0. The Labute approximate surface area is 147 Å². The van der Waals surface area contributed by atoms with Gasteiger partial charge in [-0.15, -0.1) is 0 Å². The molecule has 2 rings (SSSR count). The van der Waals surface area contributed by atoms with Crippen molar-refractivity contribution in [2.45, 2.75) is 52.0 Å². The van der Waals surface area contributed by atoms with Gasteiger partial charge >= 0.3 is 13.3 Å². The summed E-state index contributed by atoms with van der Waals surface area (Å²) >= 11 is 4.33. The minimum absolute atomic E-state index is 0.386. The summed E-state index contributed by atoms with van der Waals surface area (Å²) in [5.41, 5.74) is 0.409. The molecule has 0 spiro atoms. The van der Waals surface area contributed by atoms with Crippen LogP contribution in [0.25, 0.3) is 6.08 Å². The van der Waals surface area contributed by atoms with Crippen molar-refractivity contribution in [3.05, 3.63) is 40.4 Å². The van der Waals surface area contributed by atoms with Gasteiger partial charge in [0.05, 0.1) is 16.8 Å². The molecule has 1 aliphatic heterocycles. The van der Waals surface area contributed by atoms with Gasteiger partial charge in [0.1, 0.15) is 0 Å². The minimum Gasteiger partial charge on any atom is -0.400 e. The van der Waals surface area contributed by atoms with E-state index in [4.69, 9.17) is 9.31 Å². The number of benzene rings is 1. The van der Waals surface area contributed by atoms with Gasteiger partial charge in [0.2, 0.25) is 0 Å². The van der Waals surface area contributed by atoms with Crippen LogP contribution in [0.1, 0.15) is 44.4 Å². The van der Waals surface area contributed by atoms with E-state index in [0.29, 0.717) is 16.9 Å². The zero-order valence-corrected chi connectivity index (χ0v) is 15.4. The van der Waals surface area contributed by atoms with Crippen LogP contribution in [0.4, 0.5) is 13.2 Å². The van der Waals surface area contributed by atoms with E-state index in [0.717, 1.165) is 17.6 Å². The predicted molar refractivity (Wildman–Crippen MR) is 94.1 cm³/mol. The maximum Gasteiger partial charge on any atom is 0.491 e. The summed E-state index contributed by atoms with van der Waals surface area (Å²) in [6.07, 6.45) is -2.55. The van der Waals surface area contributed by atoms with Crippen molar-refractivity contribution in [3.63, 3.8) is 0 Å². The largest absolute Gasteiger partial charge is 0.491 e. The van der Waals surface area contributed by atoms with E-state index in [-0.39, 0.29) is 0 Å². The second kappa shape index (κ2) is 6.43. The molecule has 7 heteroatoms. The molecule has 132 valence electrons. The molecule has 1 aromatic carbocycles. The Morgan fingerprint density at radius 1 is 1.17 bits per heavy atom. The molecule has 0 bridgehead atoms. The monoisotopic (exact) mass is 358 g/mol. The summed E-state index contributed by atoms with van der Waals surface area (Å²) in [6, 6.07) is 3.69. The summed E-state index contributed by atoms with van der Waals surface area (Å²) in [6.45, 7) is 9.46. The van der Waals surface area contributed by atoms with Crippen molar-refractivity contribution >= 4 is 25.8 Å². The van der Waals surface area contributed by atoms with Gasteiger partial charge in [-0.3, -0.25) is 0 Å². The van der Waals surface area contributed by atoms with Gasteiger partial charge in [-0.1, -0.05) is 12.1 Å². The molecule has 1 fully saturated rings. The van der Waals surface area contributed by atoms with Crippen LogP contribution < -0.4 is 0 Å². The first kappa shape index (κ1) is 19.4. The molecule has 24 heavy (non-hydrogen) atoms. The molecule has 0 amide bonds. The van der Waals surface area contributed by atoms with Crippen LogP contribution in [0.2, 0.25) is 0 Å². The quantitative estimate of drug-likeness (QED) is 0.608. The Kier molecular flexibility index (Phi) is 5.20. The topological polar surface area (TPSA) is 18.5 Å². The first-order chi connectivity index (χ1) is 10.9. The van der Waals surface area contributed by atoms with Crippen molar-refractivity contribution in [1.29, 1.82) is 0 Å². The number of rotatable bonds is 3. The Hall–Kier alpha value is -0.915. The maximum absolute atomic E-state index is 12.8. The van der Waals surface area contributed by atoms with E-state index in [9.17, 15) is 13.2 Å². The van der Waals surface area contributed by atoms with Crippen LogP contribution in [0.5, 0.6) is 0 Å². The molecule has 1 saturated heterocycles. The molecule has 1 heterocycles. The average molecular weight is 358 g/mol. The Balaban J connectivity index is 2.32. The first-order valence-electron chi connectivity index (χ1n) is 7.72. The Morgan fingerprint density at radius 2 is 1.71 bits per heavy atom. The summed E-state index contributed by atoms with van der Waals surface area (Å²) in [7, 11) is -0.561. The Bertz CT molecular complexity index is 638. The van der Waals surface area contributed by atoms with Crippen LogP contribution in [-0.4, -0.2) is 24.1 Å². The molecule has 0 aromatic heterocycles. The fraction of sp³-hybridized carbons (Fsp3) is 0.529. The van der Waals surface area contributed by atoms with Crippen molar-refractivity contribution in [3.8, 4) is 0 Å². The van der Waals surface area contributed by atoms with Gasteiger partial charge in [0.25, 0.3) is 0 Å². The smallest absolute Gasteiger partial charge is 0.400 e. The third-order valence-electron chi connectivity index (χ3n) is 4.68. The van der Waals surface area contributed by atoms with Gasteiger partial charge in [-0.05, 0) is 63.4 Å². The highest BCUT2D eigenvalue weighted by Gasteiger charge is 2.52. The highest BCUT2D eigenvalue weighted by atomic mass is 32.1. The van der Waals surface area contributed by atoms with Crippen molar-refractivity contribution in [2.24, 2.45) is 0 Å². The number of hydrogen-bond acceptors (Lipinski definition) is 3. The third-order valence-corrected chi connectivity index (χ3v) is 5.04. The van der Waals surface area contributed by atoms with E-state index in [1.165, 1.54) is 6.07 Å². The summed E-state index contributed by atoms with van der Waals surface area (Å²) in [5.74, 6) is 0.386. The number of thiol groups is 1. The molecule has 0 N–H and O–H groups in total. The molecule has 0 radical (unpaired) electrons. The van der Waals surface area contributed by atoms with Crippen molar-refractivity contribution in [1.82, 2.24) is 0 Å². The van der Waals surface area contributed by atoms with E-state index in [2.05, 4.69) is 12.6 Å². The first-order valence-corrected chi connectivity index (χ1v) is 8.35. The second-order valence-electron chi connectivity index (χ2n) is 7.03. The predicted octanol–water partition coefficient (Wildman–Crippen LogP) is 4.96. The van der Waals surface area contributed by atoms with Gasteiger partial charge < -0.3 is 9.31 Å². The molecule has 2 nitrogen and oxygen atoms in total. The third kappa shape index (κ3) is 3.84. The number of aryl methyl sites for hydroxylation is 1. The summed E-state index contributed by atoms with van der Waals surface area (Å²) < 4.78 is 50.3. The van der Waals surface area contributed by atoms with Crippen LogP contribution >= 0.6 is 12.6 Å². The Morgan fingerprint density at radius 3 is 2.12 bits per heavy atom. The molecule has 1 aromatic rings. The SMILES string of the molecule is Cc1cc(C(F)(F)F)ccc1C=C(CS)B1OC(C)(C)C(C)(C)O1. The number of hydrogen-bond donors (Lipinski definition) is 1. The number of alkyl halides is 3.